The minimum absolute atomic E-state index is 0.0555. The van der Waals surface area contributed by atoms with Crippen LogP contribution in [0.25, 0.3) is 0 Å². The van der Waals surface area contributed by atoms with E-state index in [0.717, 1.165) is 18.7 Å². The van der Waals surface area contributed by atoms with Crippen molar-refractivity contribution in [3.8, 4) is 11.5 Å². The first-order valence-electron chi connectivity index (χ1n) is 8.44. The number of benzene rings is 2. The monoisotopic (exact) mass is 378 g/mol. The van der Waals surface area contributed by atoms with E-state index in [1.54, 1.807) is 18.2 Å². The van der Waals surface area contributed by atoms with Crippen molar-refractivity contribution in [1.82, 2.24) is 0 Å². The van der Waals surface area contributed by atoms with Crippen molar-refractivity contribution in [2.75, 3.05) is 30.8 Å². The lowest BCUT2D eigenvalue weighted by atomic mass is 10.1. The Labute approximate surface area is 155 Å². The topological polar surface area (TPSA) is 76.7 Å². The number of anilines is 2. The molecule has 0 bridgehead atoms. The highest BCUT2D eigenvalue weighted by molar-refractivity contribution is 7.92. The third-order valence-corrected chi connectivity index (χ3v) is 5.27. The first-order chi connectivity index (χ1) is 12.4. The van der Waals surface area contributed by atoms with Crippen LogP contribution < -0.4 is 19.5 Å². The van der Waals surface area contributed by atoms with Crippen LogP contribution in [0.4, 0.5) is 11.4 Å². The van der Waals surface area contributed by atoms with Crippen LogP contribution in [-0.2, 0) is 10.0 Å². The Morgan fingerprint density at radius 1 is 0.962 bits per heavy atom. The number of ether oxygens (including phenoxy) is 2. The van der Waals surface area contributed by atoms with Crippen LogP contribution >= 0.6 is 0 Å². The second kappa shape index (κ2) is 8.80. The molecule has 0 fully saturated rings. The number of hydrogen-bond donors (Lipinski definition) is 2. The van der Waals surface area contributed by atoms with Gasteiger partial charge >= 0.3 is 0 Å². The molecule has 2 aromatic rings. The number of nitrogens with one attached hydrogen (secondary N) is 2. The smallest absolute Gasteiger partial charge is 0.265 e. The van der Waals surface area contributed by atoms with Gasteiger partial charge in [0, 0.05) is 24.0 Å². The molecule has 0 aliphatic rings. The summed E-state index contributed by atoms with van der Waals surface area (Å²) in [6, 6.07) is 11.7. The van der Waals surface area contributed by atoms with Gasteiger partial charge in [0.2, 0.25) is 0 Å². The normalized spacial score (nSPS) is 11.3. The summed E-state index contributed by atoms with van der Waals surface area (Å²) in [5.41, 5.74) is 1.44. The number of rotatable bonds is 9. The fraction of sp³-hybridized carbons (Fsp3) is 0.368. The van der Waals surface area contributed by atoms with Crippen molar-refractivity contribution in [1.29, 1.82) is 0 Å². The summed E-state index contributed by atoms with van der Waals surface area (Å²) >= 11 is 0. The SMILES string of the molecule is COc1ccc(S(=O)(=O)Nc2ccc(NCCC(C)C)cc2)c(OC)c1. The van der Waals surface area contributed by atoms with Crippen LogP contribution in [0, 0.1) is 5.92 Å². The van der Waals surface area contributed by atoms with Gasteiger partial charge in [0.05, 0.1) is 14.2 Å². The molecule has 2 rings (SSSR count). The molecule has 0 aliphatic carbocycles. The zero-order chi connectivity index (χ0) is 19.2. The average Bonchev–Trinajstić information content (AvgIpc) is 2.62. The first kappa shape index (κ1) is 19.9. The lowest BCUT2D eigenvalue weighted by molar-refractivity contribution is 0.386. The number of hydrogen-bond acceptors (Lipinski definition) is 5. The highest BCUT2D eigenvalue weighted by Crippen LogP contribution is 2.30. The first-order valence-corrected chi connectivity index (χ1v) is 9.93. The van der Waals surface area contributed by atoms with Crippen molar-refractivity contribution in [3.63, 3.8) is 0 Å². The molecule has 0 radical (unpaired) electrons. The summed E-state index contributed by atoms with van der Waals surface area (Å²) in [5, 5.41) is 3.32. The van der Waals surface area contributed by atoms with Gasteiger partial charge in [0.15, 0.2) is 0 Å². The fourth-order valence-corrected chi connectivity index (χ4v) is 3.58. The molecule has 0 saturated carbocycles. The maximum absolute atomic E-state index is 12.7. The predicted octanol–water partition coefficient (Wildman–Crippen LogP) is 3.96. The van der Waals surface area contributed by atoms with Crippen molar-refractivity contribution >= 4 is 21.4 Å². The van der Waals surface area contributed by atoms with E-state index < -0.39 is 10.0 Å². The van der Waals surface area contributed by atoms with Gasteiger partial charge in [-0.15, -0.1) is 0 Å². The molecule has 0 aliphatic heterocycles. The van der Waals surface area contributed by atoms with Gasteiger partial charge in [0.25, 0.3) is 10.0 Å². The van der Waals surface area contributed by atoms with Gasteiger partial charge < -0.3 is 14.8 Å². The van der Waals surface area contributed by atoms with Gasteiger partial charge in [-0.05, 0) is 48.7 Å². The Hall–Kier alpha value is -2.41. The van der Waals surface area contributed by atoms with Gasteiger partial charge in [-0.25, -0.2) is 8.42 Å². The molecule has 0 heterocycles. The molecule has 0 saturated heterocycles. The Kier molecular flexibility index (Phi) is 6.74. The van der Waals surface area contributed by atoms with Crippen LogP contribution in [0.1, 0.15) is 20.3 Å². The highest BCUT2D eigenvalue weighted by Gasteiger charge is 2.20. The van der Waals surface area contributed by atoms with Crippen molar-refractivity contribution < 1.29 is 17.9 Å². The predicted molar refractivity (Wildman–Crippen MR) is 105 cm³/mol. The van der Waals surface area contributed by atoms with Crippen LogP contribution in [-0.4, -0.2) is 29.2 Å². The second-order valence-electron chi connectivity index (χ2n) is 6.31. The molecule has 0 aromatic heterocycles. The van der Waals surface area contributed by atoms with E-state index in [1.165, 1.54) is 26.4 Å². The van der Waals surface area contributed by atoms with Crippen LogP contribution in [0.5, 0.6) is 11.5 Å². The quantitative estimate of drug-likeness (QED) is 0.691. The van der Waals surface area contributed by atoms with Crippen molar-refractivity contribution in [3.05, 3.63) is 42.5 Å². The van der Waals surface area contributed by atoms with Crippen LogP contribution in [0.3, 0.4) is 0 Å². The van der Waals surface area contributed by atoms with Gasteiger partial charge in [-0.3, -0.25) is 4.72 Å². The molecule has 7 heteroatoms. The Morgan fingerprint density at radius 3 is 2.19 bits per heavy atom. The standard InChI is InChI=1S/C19H26N2O4S/c1-14(2)11-12-20-15-5-7-16(8-6-15)21-26(22,23)19-10-9-17(24-3)13-18(19)25-4/h5-10,13-14,20-21H,11-12H2,1-4H3. The zero-order valence-corrected chi connectivity index (χ0v) is 16.4. The van der Waals surface area contributed by atoms with E-state index in [2.05, 4.69) is 23.9 Å². The number of sulfonamides is 1. The summed E-state index contributed by atoms with van der Waals surface area (Å²) in [6.45, 7) is 5.23. The Balaban J connectivity index is 2.12. The molecule has 26 heavy (non-hydrogen) atoms. The van der Waals surface area contributed by atoms with Crippen molar-refractivity contribution in [2.24, 2.45) is 5.92 Å². The van der Waals surface area contributed by atoms with Crippen molar-refractivity contribution in [2.45, 2.75) is 25.2 Å². The fourth-order valence-electron chi connectivity index (χ4n) is 2.37. The summed E-state index contributed by atoms with van der Waals surface area (Å²) < 4.78 is 38.2. The minimum Gasteiger partial charge on any atom is -0.497 e. The summed E-state index contributed by atoms with van der Waals surface area (Å²) in [6.07, 6.45) is 1.08. The molecule has 0 unspecified atom stereocenters. The van der Waals surface area contributed by atoms with Crippen LogP contribution in [0.2, 0.25) is 0 Å². The van der Waals surface area contributed by atoms with E-state index in [9.17, 15) is 8.42 Å². The maximum Gasteiger partial charge on any atom is 0.265 e. The third kappa shape index (κ3) is 5.29. The molecular formula is C19H26N2O4S. The Morgan fingerprint density at radius 2 is 1.62 bits per heavy atom. The molecule has 2 aromatic carbocycles. The second-order valence-corrected chi connectivity index (χ2v) is 7.96. The van der Waals surface area contributed by atoms with Gasteiger partial charge in [-0.2, -0.15) is 0 Å². The van der Waals surface area contributed by atoms with E-state index in [4.69, 9.17) is 9.47 Å². The van der Waals surface area contributed by atoms with E-state index in [0.29, 0.717) is 17.4 Å². The largest absolute Gasteiger partial charge is 0.497 e. The van der Waals surface area contributed by atoms with Gasteiger partial charge in [-0.1, -0.05) is 13.8 Å². The number of methoxy groups -OCH3 is 2. The maximum atomic E-state index is 12.7. The summed E-state index contributed by atoms with van der Waals surface area (Å²) in [7, 11) is -0.839. The van der Waals surface area contributed by atoms with E-state index in [-0.39, 0.29) is 10.6 Å². The highest BCUT2D eigenvalue weighted by atomic mass is 32.2. The van der Waals surface area contributed by atoms with Crippen LogP contribution in [0.15, 0.2) is 47.4 Å². The van der Waals surface area contributed by atoms with E-state index >= 15 is 0 Å². The zero-order valence-electron chi connectivity index (χ0n) is 15.6. The third-order valence-electron chi connectivity index (χ3n) is 3.85. The molecule has 0 atom stereocenters. The Bertz CT molecular complexity index is 818. The molecular weight excluding hydrogens is 352 g/mol. The van der Waals surface area contributed by atoms with Gasteiger partial charge in [0.1, 0.15) is 16.4 Å². The molecule has 0 spiro atoms. The lowest BCUT2D eigenvalue weighted by Gasteiger charge is -2.13. The minimum atomic E-state index is -3.77. The summed E-state index contributed by atoms with van der Waals surface area (Å²) in [4.78, 5) is 0.0555. The molecule has 2 N–H and O–H groups in total. The molecule has 142 valence electrons. The summed E-state index contributed by atoms with van der Waals surface area (Å²) in [5.74, 6) is 1.38. The lowest BCUT2D eigenvalue weighted by Crippen LogP contribution is -2.14. The molecule has 0 amide bonds. The molecule has 6 nitrogen and oxygen atoms in total. The van der Waals surface area contributed by atoms with E-state index in [1.807, 2.05) is 12.1 Å². The average molecular weight is 378 g/mol.